The molecular formula is C20H31ClO6. The second-order valence-corrected chi connectivity index (χ2v) is 6.89. The minimum Gasteiger partial charge on any atom is -0.421 e. The molecule has 0 amide bonds. The van der Waals surface area contributed by atoms with Crippen LogP contribution in [-0.4, -0.2) is 49.4 Å². The number of hydrogen-bond acceptors (Lipinski definition) is 6. The lowest BCUT2D eigenvalue weighted by atomic mass is 10.1. The predicted molar refractivity (Wildman–Crippen MR) is 104 cm³/mol. The van der Waals surface area contributed by atoms with Crippen LogP contribution < -0.4 is 0 Å². The van der Waals surface area contributed by atoms with Crippen molar-refractivity contribution < 1.29 is 28.8 Å². The third-order valence-corrected chi connectivity index (χ3v) is 4.36. The standard InChI is InChI=1S/C20H31ClO6/c1-20(24-2,18(22)27-19(21)23)16-26-14-10-5-3-4-9-13-25-15-17-11-7-6-8-12-17/h6-8,11-12,18,22H,3-5,9-10,13-16H2,1-2H3. The molecule has 1 N–H and O–H groups in total. The van der Waals surface area contributed by atoms with Crippen LogP contribution in [-0.2, 0) is 25.6 Å². The van der Waals surface area contributed by atoms with Gasteiger partial charge in [0.05, 0.1) is 13.2 Å². The zero-order valence-corrected chi connectivity index (χ0v) is 17.0. The van der Waals surface area contributed by atoms with Gasteiger partial charge in [0.25, 0.3) is 0 Å². The fraction of sp³-hybridized carbons (Fsp3) is 0.650. The van der Waals surface area contributed by atoms with Gasteiger partial charge in [0.1, 0.15) is 0 Å². The van der Waals surface area contributed by atoms with Gasteiger partial charge in [0, 0.05) is 31.9 Å². The van der Waals surface area contributed by atoms with Crippen LogP contribution in [0.25, 0.3) is 0 Å². The van der Waals surface area contributed by atoms with E-state index in [-0.39, 0.29) is 6.61 Å². The molecule has 0 saturated carbocycles. The molecule has 0 radical (unpaired) electrons. The van der Waals surface area contributed by atoms with Crippen LogP contribution >= 0.6 is 11.6 Å². The lowest BCUT2D eigenvalue weighted by Crippen LogP contribution is -2.47. The first-order valence-electron chi connectivity index (χ1n) is 9.26. The Kier molecular flexibility index (Phi) is 12.3. The molecule has 0 aliphatic rings. The van der Waals surface area contributed by atoms with Gasteiger partial charge in [-0.25, -0.2) is 4.79 Å². The van der Waals surface area contributed by atoms with Crippen molar-refractivity contribution >= 4 is 17.0 Å². The van der Waals surface area contributed by atoms with Crippen LogP contribution in [0.4, 0.5) is 4.79 Å². The molecule has 2 atom stereocenters. The van der Waals surface area contributed by atoms with E-state index in [4.69, 9.17) is 25.8 Å². The molecule has 0 bridgehead atoms. The normalized spacial score (nSPS) is 14.5. The molecule has 0 saturated heterocycles. The molecule has 0 fully saturated rings. The van der Waals surface area contributed by atoms with E-state index in [1.54, 1.807) is 6.92 Å². The SMILES string of the molecule is COC(C)(COCCCCCCCOCc1ccccc1)C(O)OC(=O)Cl. The zero-order chi connectivity index (χ0) is 20.0. The van der Waals surface area contributed by atoms with E-state index >= 15 is 0 Å². The maximum absolute atomic E-state index is 10.7. The summed E-state index contributed by atoms with van der Waals surface area (Å²) in [6.45, 7) is 3.67. The van der Waals surface area contributed by atoms with Crippen LogP contribution in [0.3, 0.4) is 0 Å². The number of aliphatic hydroxyl groups is 1. The Balaban J connectivity index is 1.98. The van der Waals surface area contributed by atoms with Crippen molar-refractivity contribution in [2.75, 3.05) is 26.9 Å². The molecule has 154 valence electrons. The second kappa shape index (κ2) is 13.9. The van der Waals surface area contributed by atoms with Gasteiger partial charge < -0.3 is 24.1 Å². The maximum Gasteiger partial charge on any atom is 0.406 e. The molecule has 6 nitrogen and oxygen atoms in total. The number of carbonyl (C=O) groups is 1. The van der Waals surface area contributed by atoms with Crippen molar-refractivity contribution in [1.29, 1.82) is 0 Å². The number of halogens is 1. The van der Waals surface area contributed by atoms with E-state index in [2.05, 4.69) is 16.9 Å². The number of ether oxygens (including phenoxy) is 4. The lowest BCUT2D eigenvalue weighted by molar-refractivity contribution is -0.206. The third-order valence-electron chi connectivity index (χ3n) is 4.27. The van der Waals surface area contributed by atoms with Crippen LogP contribution in [0.15, 0.2) is 30.3 Å². The van der Waals surface area contributed by atoms with E-state index in [0.29, 0.717) is 13.2 Å². The fourth-order valence-corrected chi connectivity index (χ4v) is 2.51. The van der Waals surface area contributed by atoms with Crippen molar-refractivity contribution in [1.82, 2.24) is 0 Å². The Hall–Kier alpha value is -1.18. The minimum absolute atomic E-state index is 0.0994. The molecule has 7 heteroatoms. The summed E-state index contributed by atoms with van der Waals surface area (Å²) in [5, 5.41) is 9.81. The summed E-state index contributed by atoms with van der Waals surface area (Å²) in [7, 11) is 1.41. The summed E-state index contributed by atoms with van der Waals surface area (Å²) >= 11 is 5.10. The average molecular weight is 403 g/mol. The molecule has 2 unspecified atom stereocenters. The Bertz CT molecular complexity index is 512. The van der Waals surface area contributed by atoms with Gasteiger partial charge in [-0.3, -0.25) is 0 Å². The van der Waals surface area contributed by atoms with Gasteiger partial charge in [0.2, 0.25) is 6.29 Å². The molecule has 1 aromatic carbocycles. The zero-order valence-electron chi connectivity index (χ0n) is 16.2. The van der Waals surface area contributed by atoms with E-state index < -0.39 is 17.3 Å². The first-order valence-corrected chi connectivity index (χ1v) is 9.64. The van der Waals surface area contributed by atoms with Gasteiger partial charge in [-0.1, -0.05) is 49.6 Å². The minimum atomic E-state index is -1.48. The Morgan fingerprint density at radius 3 is 2.26 bits per heavy atom. The summed E-state index contributed by atoms with van der Waals surface area (Å²) in [5.41, 5.74) is -1.04. The van der Waals surface area contributed by atoms with Gasteiger partial charge >= 0.3 is 5.43 Å². The summed E-state index contributed by atoms with van der Waals surface area (Å²) in [4.78, 5) is 10.7. The van der Waals surface area contributed by atoms with Gasteiger partial charge in [-0.15, -0.1) is 0 Å². The van der Waals surface area contributed by atoms with Crippen LogP contribution in [0, 0.1) is 0 Å². The van der Waals surface area contributed by atoms with Crippen molar-refractivity contribution in [3.8, 4) is 0 Å². The smallest absolute Gasteiger partial charge is 0.406 e. The molecular weight excluding hydrogens is 372 g/mol. The van der Waals surface area contributed by atoms with E-state index in [0.717, 1.165) is 38.7 Å². The van der Waals surface area contributed by atoms with Crippen LogP contribution in [0.1, 0.15) is 44.6 Å². The molecule has 27 heavy (non-hydrogen) atoms. The Morgan fingerprint density at radius 2 is 1.67 bits per heavy atom. The van der Waals surface area contributed by atoms with Crippen molar-refractivity contribution in [3.05, 3.63) is 35.9 Å². The third kappa shape index (κ3) is 10.7. The van der Waals surface area contributed by atoms with Crippen LogP contribution in [0.2, 0.25) is 0 Å². The molecule has 0 heterocycles. The fourth-order valence-electron chi connectivity index (χ4n) is 2.42. The van der Waals surface area contributed by atoms with Gasteiger partial charge in [0.15, 0.2) is 5.60 Å². The first kappa shape index (κ1) is 23.9. The second-order valence-electron chi connectivity index (χ2n) is 6.58. The number of carbonyl (C=O) groups excluding carboxylic acids is 1. The number of methoxy groups -OCH3 is 1. The van der Waals surface area contributed by atoms with Gasteiger partial charge in [-0.2, -0.15) is 0 Å². The molecule has 0 aromatic heterocycles. The molecule has 0 aliphatic heterocycles. The predicted octanol–water partition coefficient (Wildman–Crippen LogP) is 4.27. The molecule has 0 spiro atoms. The number of hydrogen-bond donors (Lipinski definition) is 1. The number of benzene rings is 1. The Morgan fingerprint density at radius 1 is 1.07 bits per heavy atom. The summed E-state index contributed by atoms with van der Waals surface area (Å²) in [6.07, 6.45) is 3.77. The van der Waals surface area contributed by atoms with Crippen molar-refractivity contribution in [2.45, 2.75) is 57.5 Å². The first-order chi connectivity index (χ1) is 13.0. The van der Waals surface area contributed by atoms with E-state index in [1.807, 2.05) is 18.2 Å². The topological polar surface area (TPSA) is 74.2 Å². The number of rotatable bonds is 15. The highest BCUT2D eigenvalue weighted by atomic mass is 35.5. The number of unbranched alkanes of at least 4 members (excludes halogenated alkanes) is 4. The average Bonchev–Trinajstić information content (AvgIpc) is 2.66. The van der Waals surface area contributed by atoms with E-state index in [1.165, 1.54) is 12.7 Å². The highest BCUT2D eigenvalue weighted by Crippen LogP contribution is 2.18. The van der Waals surface area contributed by atoms with Crippen molar-refractivity contribution in [3.63, 3.8) is 0 Å². The highest BCUT2D eigenvalue weighted by Gasteiger charge is 2.36. The molecule has 0 aliphatic carbocycles. The van der Waals surface area contributed by atoms with E-state index in [9.17, 15) is 9.90 Å². The summed E-state index contributed by atoms with van der Waals surface area (Å²) in [6, 6.07) is 10.2. The highest BCUT2D eigenvalue weighted by molar-refractivity contribution is 6.61. The monoisotopic (exact) mass is 402 g/mol. The van der Waals surface area contributed by atoms with Crippen molar-refractivity contribution in [2.24, 2.45) is 0 Å². The quantitative estimate of drug-likeness (QED) is 0.268. The summed E-state index contributed by atoms with van der Waals surface area (Å²) in [5.74, 6) is 0. The van der Waals surface area contributed by atoms with Crippen LogP contribution in [0.5, 0.6) is 0 Å². The molecule has 1 rings (SSSR count). The number of aliphatic hydroxyl groups excluding tert-OH is 1. The Labute approximate surface area is 166 Å². The van der Waals surface area contributed by atoms with Gasteiger partial charge in [-0.05, 0) is 25.3 Å². The summed E-state index contributed by atoms with van der Waals surface area (Å²) < 4.78 is 20.9. The largest absolute Gasteiger partial charge is 0.421 e. The lowest BCUT2D eigenvalue weighted by Gasteiger charge is -2.31. The molecule has 1 aromatic rings. The maximum atomic E-state index is 10.7.